The highest BCUT2D eigenvalue weighted by molar-refractivity contribution is 6.38. The van der Waals surface area contributed by atoms with Gasteiger partial charge in [0.15, 0.2) is 0 Å². The quantitative estimate of drug-likeness (QED) is 0.775. The number of ether oxygens (including phenoxy) is 1. The highest BCUT2D eigenvalue weighted by atomic mass is 16.5. The van der Waals surface area contributed by atoms with Gasteiger partial charge >= 0.3 is 0 Å². The van der Waals surface area contributed by atoms with Crippen LogP contribution in [0.25, 0.3) is 0 Å². The Kier molecular flexibility index (Phi) is 5.88. The van der Waals surface area contributed by atoms with Gasteiger partial charge in [-0.1, -0.05) is 17.7 Å². The molecule has 140 valence electrons. The van der Waals surface area contributed by atoms with Crippen molar-refractivity contribution in [3.8, 4) is 0 Å². The first-order valence-electron chi connectivity index (χ1n) is 9.07. The second kappa shape index (κ2) is 8.31. The lowest BCUT2D eigenvalue weighted by molar-refractivity contribution is -0.144. The van der Waals surface area contributed by atoms with E-state index in [9.17, 15) is 14.4 Å². The van der Waals surface area contributed by atoms with E-state index in [1.165, 1.54) is 5.56 Å². The minimum absolute atomic E-state index is 0.151. The number of hydrogen-bond acceptors (Lipinski definition) is 5. The highest BCUT2D eigenvalue weighted by Crippen LogP contribution is 2.17. The normalized spacial score (nSPS) is 20.1. The van der Waals surface area contributed by atoms with Crippen molar-refractivity contribution in [2.45, 2.75) is 25.9 Å². The highest BCUT2D eigenvalue weighted by Gasteiger charge is 2.29. The number of nitrogens with one attached hydrogen (secondary N) is 1. The van der Waals surface area contributed by atoms with Crippen molar-refractivity contribution in [1.29, 1.82) is 0 Å². The summed E-state index contributed by atoms with van der Waals surface area (Å²) in [7, 11) is 0. The number of benzene rings is 1. The Bertz CT molecular complexity index is 660. The molecule has 2 fully saturated rings. The van der Waals surface area contributed by atoms with E-state index in [2.05, 4.69) is 41.4 Å². The van der Waals surface area contributed by atoms with E-state index in [4.69, 9.17) is 4.74 Å². The molecule has 0 bridgehead atoms. The molecule has 7 heteroatoms. The van der Waals surface area contributed by atoms with Crippen LogP contribution in [0, 0.1) is 6.92 Å². The third kappa shape index (κ3) is 4.40. The summed E-state index contributed by atoms with van der Waals surface area (Å²) in [5, 5.41) is 2.43. The van der Waals surface area contributed by atoms with Gasteiger partial charge in [-0.15, -0.1) is 0 Å². The van der Waals surface area contributed by atoms with E-state index in [0.717, 1.165) is 25.2 Å². The molecule has 7 nitrogen and oxygen atoms in total. The molecular weight excluding hydrogens is 334 g/mol. The van der Waals surface area contributed by atoms with Crippen LogP contribution in [0.3, 0.4) is 0 Å². The number of nitrogens with zero attached hydrogens (tertiary/aromatic N) is 2. The molecule has 1 aromatic carbocycles. The van der Waals surface area contributed by atoms with Crippen LogP contribution in [-0.2, 0) is 19.1 Å². The summed E-state index contributed by atoms with van der Waals surface area (Å²) in [5.74, 6) is -1.48. The van der Waals surface area contributed by atoms with Gasteiger partial charge in [0.05, 0.1) is 6.54 Å². The largest absolute Gasteiger partial charge is 0.370 e. The van der Waals surface area contributed by atoms with Crippen LogP contribution in [0.5, 0.6) is 0 Å². The number of ketones is 1. The summed E-state index contributed by atoms with van der Waals surface area (Å²) >= 11 is 0. The molecule has 1 atom stereocenters. The molecule has 0 spiro atoms. The van der Waals surface area contributed by atoms with Gasteiger partial charge in [0.2, 0.25) is 11.7 Å². The second-order valence-electron chi connectivity index (χ2n) is 6.75. The van der Waals surface area contributed by atoms with Gasteiger partial charge in [0.25, 0.3) is 5.91 Å². The number of aryl methyl sites for hydroxylation is 1. The fourth-order valence-electron chi connectivity index (χ4n) is 3.26. The van der Waals surface area contributed by atoms with Crippen molar-refractivity contribution in [2.24, 2.45) is 0 Å². The van der Waals surface area contributed by atoms with Crippen LogP contribution in [0.4, 0.5) is 5.69 Å². The Morgan fingerprint density at radius 1 is 1.12 bits per heavy atom. The maximum Gasteiger partial charge on any atom is 0.290 e. The number of amides is 2. The fourth-order valence-corrected chi connectivity index (χ4v) is 3.26. The molecule has 0 saturated carbocycles. The summed E-state index contributed by atoms with van der Waals surface area (Å²) in [5.41, 5.74) is 2.37. The van der Waals surface area contributed by atoms with Crippen molar-refractivity contribution >= 4 is 23.3 Å². The van der Waals surface area contributed by atoms with Crippen LogP contribution >= 0.6 is 0 Å². The Labute approximate surface area is 153 Å². The summed E-state index contributed by atoms with van der Waals surface area (Å²) in [6.07, 6.45) is 0.706. The average Bonchev–Trinajstić information content (AvgIpc) is 3.20. The van der Waals surface area contributed by atoms with Gasteiger partial charge in [-0.2, -0.15) is 0 Å². The maximum atomic E-state index is 12.3. The average molecular weight is 359 g/mol. The summed E-state index contributed by atoms with van der Waals surface area (Å²) in [4.78, 5) is 40.0. The lowest BCUT2D eigenvalue weighted by Gasteiger charge is -2.36. The number of hydrogen-bond donors (Lipinski definition) is 1. The summed E-state index contributed by atoms with van der Waals surface area (Å²) < 4.78 is 5.21. The topological polar surface area (TPSA) is 79.0 Å². The molecule has 1 unspecified atom stereocenters. The third-order valence-electron chi connectivity index (χ3n) is 4.88. The fraction of sp³-hybridized carbons (Fsp3) is 0.526. The Morgan fingerprint density at radius 3 is 2.42 bits per heavy atom. The van der Waals surface area contributed by atoms with Crippen molar-refractivity contribution in [1.82, 2.24) is 10.2 Å². The smallest absolute Gasteiger partial charge is 0.290 e. The molecule has 2 heterocycles. The third-order valence-corrected chi connectivity index (χ3v) is 4.88. The number of carbonyl (C=O) groups is 3. The zero-order valence-corrected chi connectivity index (χ0v) is 15.1. The number of piperazine rings is 1. The zero-order valence-electron chi connectivity index (χ0n) is 15.1. The molecule has 2 aliphatic heterocycles. The minimum Gasteiger partial charge on any atom is -0.370 e. The maximum absolute atomic E-state index is 12.3. The van der Waals surface area contributed by atoms with Gasteiger partial charge in [-0.25, -0.2) is 0 Å². The number of rotatable bonds is 5. The summed E-state index contributed by atoms with van der Waals surface area (Å²) in [6, 6.07) is 8.33. The molecule has 26 heavy (non-hydrogen) atoms. The first-order valence-corrected chi connectivity index (χ1v) is 9.07. The molecular formula is C19H25N3O4. The lowest BCUT2D eigenvalue weighted by Crippen LogP contribution is -2.52. The first-order chi connectivity index (χ1) is 12.5. The number of carbonyl (C=O) groups excluding carboxylic acids is 3. The zero-order chi connectivity index (χ0) is 18.5. The standard InChI is InChI=1S/C19H25N3O4/c1-14-4-6-15(7-5-14)21-8-10-22(11-9-21)17(23)13-20-19(25)18(24)16-3-2-12-26-16/h4-7,16H,2-3,8-13H2,1H3,(H,20,25). The molecule has 2 aliphatic rings. The van der Waals surface area contributed by atoms with Crippen LogP contribution in [-0.4, -0.2) is 67.9 Å². The van der Waals surface area contributed by atoms with E-state index >= 15 is 0 Å². The predicted molar refractivity (Wildman–Crippen MR) is 97.0 cm³/mol. The van der Waals surface area contributed by atoms with Crippen molar-refractivity contribution in [3.05, 3.63) is 29.8 Å². The molecule has 1 aromatic rings. The first kappa shape index (κ1) is 18.4. The van der Waals surface area contributed by atoms with Gasteiger partial charge in [0, 0.05) is 38.5 Å². The molecule has 0 radical (unpaired) electrons. The molecule has 2 amide bonds. The van der Waals surface area contributed by atoms with E-state index in [-0.39, 0.29) is 12.5 Å². The van der Waals surface area contributed by atoms with Gasteiger partial charge < -0.3 is 19.9 Å². The van der Waals surface area contributed by atoms with E-state index < -0.39 is 17.8 Å². The van der Waals surface area contributed by atoms with E-state index in [0.29, 0.717) is 26.1 Å². The minimum atomic E-state index is -0.733. The number of Topliss-reactive ketones (excluding diaryl/α,β-unsaturated/α-hetero) is 1. The Morgan fingerprint density at radius 2 is 1.81 bits per heavy atom. The van der Waals surface area contributed by atoms with E-state index in [1.807, 2.05) is 0 Å². The van der Waals surface area contributed by atoms with Crippen molar-refractivity contribution in [3.63, 3.8) is 0 Å². The van der Waals surface area contributed by atoms with Crippen molar-refractivity contribution < 1.29 is 19.1 Å². The summed E-state index contributed by atoms with van der Waals surface area (Å²) in [6.45, 7) is 5.10. The molecule has 0 aliphatic carbocycles. The number of anilines is 1. The van der Waals surface area contributed by atoms with Gasteiger partial charge in [-0.05, 0) is 31.9 Å². The molecule has 2 saturated heterocycles. The van der Waals surface area contributed by atoms with E-state index in [1.54, 1.807) is 4.90 Å². The SMILES string of the molecule is Cc1ccc(N2CCN(C(=O)CNC(=O)C(=O)C3CCCO3)CC2)cc1. The van der Waals surface area contributed by atoms with Crippen LogP contribution in [0.1, 0.15) is 18.4 Å². The molecule has 0 aromatic heterocycles. The van der Waals surface area contributed by atoms with Gasteiger partial charge in [-0.3, -0.25) is 14.4 Å². The monoisotopic (exact) mass is 359 g/mol. The molecule has 3 rings (SSSR count). The Hall–Kier alpha value is -2.41. The lowest BCUT2D eigenvalue weighted by atomic mass is 10.1. The predicted octanol–water partition coefficient (Wildman–Crippen LogP) is 0.508. The Balaban J connectivity index is 1.42. The van der Waals surface area contributed by atoms with Crippen LogP contribution < -0.4 is 10.2 Å². The van der Waals surface area contributed by atoms with Crippen LogP contribution in [0.2, 0.25) is 0 Å². The molecule has 1 N–H and O–H groups in total. The van der Waals surface area contributed by atoms with Crippen LogP contribution in [0.15, 0.2) is 24.3 Å². The second-order valence-corrected chi connectivity index (χ2v) is 6.75. The van der Waals surface area contributed by atoms with Gasteiger partial charge in [0.1, 0.15) is 6.10 Å². The van der Waals surface area contributed by atoms with Crippen molar-refractivity contribution in [2.75, 3.05) is 44.2 Å².